The van der Waals surface area contributed by atoms with Crippen LogP contribution in [0.5, 0.6) is 0 Å². The van der Waals surface area contributed by atoms with E-state index in [4.69, 9.17) is 13.9 Å². The van der Waals surface area contributed by atoms with Crippen LogP contribution in [0.1, 0.15) is 26.3 Å². The van der Waals surface area contributed by atoms with Gasteiger partial charge < -0.3 is 19.2 Å². The molecule has 0 saturated carbocycles. The van der Waals surface area contributed by atoms with E-state index in [0.717, 1.165) is 5.56 Å². The first-order chi connectivity index (χ1) is 15.8. The SMILES string of the molecule is COC(=O)c1cc(NC(=O)Cn2ncc3c(=O)oc4ccc(C)cc4c32)cc(C(=O)OC)c1. The Morgan fingerprint density at radius 2 is 1.67 bits per heavy atom. The highest BCUT2D eigenvalue weighted by molar-refractivity contribution is 6.03. The lowest BCUT2D eigenvalue weighted by Crippen LogP contribution is -2.20. The number of aryl methyl sites for hydroxylation is 1. The van der Waals surface area contributed by atoms with E-state index >= 15 is 0 Å². The summed E-state index contributed by atoms with van der Waals surface area (Å²) in [5, 5.41) is 7.72. The number of nitrogens with zero attached hydrogens (tertiary/aromatic N) is 2. The Morgan fingerprint density at radius 1 is 1.00 bits per heavy atom. The normalized spacial score (nSPS) is 10.9. The van der Waals surface area contributed by atoms with Crippen LogP contribution in [0.3, 0.4) is 0 Å². The summed E-state index contributed by atoms with van der Waals surface area (Å²) in [6.45, 7) is 1.67. The van der Waals surface area contributed by atoms with Crippen molar-refractivity contribution in [1.82, 2.24) is 9.78 Å². The topological polar surface area (TPSA) is 130 Å². The van der Waals surface area contributed by atoms with E-state index < -0.39 is 23.5 Å². The van der Waals surface area contributed by atoms with Crippen molar-refractivity contribution in [1.29, 1.82) is 0 Å². The number of esters is 2. The van der Waals surface area contributed by atoms with Gasteiger partial charge in [-0.05, 0) is 37.3 Å². The van der Waals surface area contributed by atoms with Crippen LogP contribution in [-0.4, -0.2) is 41.8 Å². The van der Waals surface area contributed by atoms with Crippen LogP contribution in [0, 0.1) is 6.92 Å². The van der Waals surface area contributed by atoms with Crippen molar-refractivity contribution in [2.45, 2.75) is 13.5 Å². The van der Waals surface area contributed by atoms with Crippen LogP contribution in [-0.2, 0) is 20.8 Å². The molecule has 0 spiro atoms. The lowest BCUT2D eigenvalue weighted by atomic mass is 10.1. The van der Waals surface area contributed by atoms with Gasteiger partial charge in [0.25, 0.3) is 0 Å². The number of hydrogen-bond acceptors (Lipinski definition) is 8. The minimum absolute atomic E-state index is 0.0688. The number of anilines is 1. The van der Waals surface area contributed by atoms with Crippen LogP contribution < -0.4 is 10.9 Å². The fourth-order valence-corrected chi connectivity index (χ4v) is 3.52. The van der Waals surface area contributed by atoms with E-state index in [2.05, 4.69) is 10.4 Å². The Morgan fingerprint density at radius 3 is 2.30 bits per heavy atom. The van der Waals surface area contributed by atoms with Gasteiger partial charge in [0.15, 0.2) is 0 Å². The molecule has 0 atom stereocenters. The molecule has 0 unspecified atom stereocenters. The number of ether oxygens (including phenoxy) is 2. The predicted octanol–water partition coefficient (Wildman–Crippen LogP) is 2.66. The van der Waals surface area contributed by atoms with E-state index in [0.29, 0.717) is 16.5 Å². The van der Waals surface area contributed by atoms with Crippen molar-refractivity contribution in [3.05, 3.63) is 69.7 Å². The van der Waals surface area contributed by atoms with Gasteiger partial charge in [-0.1, -0.05) is 11.6 Å². The third-order valence-electron chi connectivity index (χ3n) is 5.00. The Kier molecular flexibility index (Phi) is 5.65. The molecule has 4 aromatic rings. The predicted molar refractivity (Wildman–Crippen MR) is 118 cm³/mol. The Labute approximate surface area is 186 Å². The first kappa shape index (κ1) is 21.8. The number of methoxy groups -OCH3 is 2. The van der Waals surface area contributed by atoms with E-state index in [1.165, 1.54) is 43.3 Å². The molecule has 0 bridgehead atoms. The van der Waals surface area contributed by atoms with Gasteiger partial charge in [-0.3, -0.25) is 9.48 Å². The maximum absolute atomic E-state index is 12.8. The monoisotopic (exact) mass is 449 g/mol. The van der Waals surface area contributed by atoms with E-state index in [1.807, 2.05) is 19.1 Å². The zero-order valence-corrected chi connectivity index (χ0v) is 18.0. The quantitative estimate of drug-likeness (QED) is 0.364. The van der Waals surface area contributed by atoms with Crippen LogP contribution in [0.2, 0.25) is 0 Å². The first-order valence-corrected chi connectivity index (χ1v) is 9.81. The molecule has 0 radical (unpaired) electrons. The van der Waals surface area contributed by atoms with Gasteiger partial charge in [-0.25, -0.2) is 14.4 Å². The van der Waals surface area contributed by atoms with Gasteiger partial charge in [0.2, 0.25) is 5.91 Å². The van der Waals surface area contributed by atoms with Gasteiger partial charge in [0.05, 0.1) is 37.1 Å². The average Bonchev–Trinajstić information content (AvgIpc) is 3.22. The van der Waals surface area contributed by atoms with Gasteiger partial charge in [-0.15, -0.1) is 0 Å². The van der Waals surface area contributed by atoms with E-state index in [1.54, 1.807) is 6.07 Å². The standard InChI is InChI=1S/C23H19N3O7/c1-12-4-5-18-16(6-12)20-17(23(30)33-18)10-24-26(20)11-19(27)25-15-8-13(21(28)31-2)7-14(9-15)22(29)32-3/h4-10H,11H2,1-3H3,(H,25,27). The zero-order chi connectivity index (χ0) is 23.7. The first-order valence-electron chi connectivity index (χ1n) is 9.81. The number of hydrogen-bond donors (Lipinski definition) is 1. The summed E-state index contributed by atoms with van der Waals surface area (Å²) in [6.07, 6.45) is 1.35. The molecular formula is C23H19N3O7. The molecular weight excluding hydrogens is 430 g/mol. The van der Waals surface area contributed by atoms with Gasteiger partial charge in [0.1, 0.15) is 17.5 Å². The summed E-state index contributed by atoms with van der Waals surface area (Å²) in [5.74, 6) is -1.85. The third-order valence-corrected chi connectivity index (χ3v) is 5.00. The molecule has 4 rings (SSSR count). The third kappa shape index (κ3) is 4.18. The van der Waals surface area contributed by atoms with Crippen molar-refractivity contribution in [2.75, 3.05) is 19.5 Å². The van der Waals surface area contributed by atoms with Gasteiger partial charge in [-0.2, -0.15) is 5.10 Å². The van der Waals surface area contributed by atoms with Crippen molar-refractivity contribution < 1.29 is 28.3 Å². The molecule has 168 valence electrons. The maximum atomic E-state index is 12.8. The van der Waals surface area contributed by atoms with Crippen molar-refractivity contribution in [3.63, 3.8) is 0 Å². The summed E-state index contributed by atoms with van der Waals surface area (Å²) < 4.78 is 16.1. The van der Waals surface area contributed by atoms with Crippen LogP contribution >= 0.6 is 0 Å². The number of nitrogens with one attached hydrogen (secondary N) is 1. The molecule has 0 saturated heterocycles. The highest BCUT2D eigenvalue weighted by Crippen LogP contribution is 2.24. The maximum Gasteiger partial charge on any atom is 0.347 e. The number of fused-ring (bicyclic) bond motifs is 3. The number of rotatable bonds is 5. The number of amides is 1. The largest absolute Gasteiger partial charge is 0.465 e. The minimum Gasteiger partial charge on any atom is -0.465 e. The smallest absolute Gasteiger partial charge is 0.347 e. The fraction of sp³-hybridized carbons (Fsp3) is 0.174. The van der Waals surface area contributed by atoms with Crippen LogP contribution in [0.15, 0.2) is 51.8 Å². The number of carbonyl (C=O) groups excluding carboxylic acids is 3. The molecule has 0 aliphatic rings. The van der Waals surface area contributed by atoms with Crippen molar-refractivity contribution in [3.8, 4) is 0 Å². The summed E-state index contributed by atoms with van der Waals surface area (Å²) in [7, 11) is 2.41. The molecule has 0 aliphatic carbocycles. The summed E-state index contributed by atoms with van der Waals surface area (Å²) >= 11 is 0. The molecule has 10 nitrogen and oxygen atoms in total. The van der Waals surface area contributed by atoms with Crippen molar-refractivity contribution >= 4 is 45.4 Å². The Hall–Kier alpha value is -4.47. The molecule has 33 heavy (non-hydrogen) atoms. The Balaban J connectivity index is 1.69. The molecule has 1 N–H and O–H groups in total. The van der Waals surface area contributed by atoms with Gasteiger partial charge in [0, 0.05) is 11.1 Å². The second kappa shape index (κ2) is 8.58. The zero-order valence-electron chi connectivity index (χ0n) is 18.0. The molecule has 0 aliphatic heterocycles. The number of benzene rings is 2. The van der Waals surface area contributed by atoms with Crippen LogP contribution in [0.25, 0.3) is 21.9 Å². The molecule has 0 fully saturated rings. The minimum atomic E-state index is -0.678. The molecule has 10 heteroatoms. The second-order valence-electron chi connectivity index (χ2n) is 7.28. The van der Waals surface area contributed by atoms with E-state index in [-0.39, 0.29) is 28.7 Å². The molecule has 2 heterocycles. The highest BCUT2D eigenvalue weighted by atomic mass is 16.5. The van der Waals surface area contributed by atoms with E-state index in [9.17, 15) is 19.2 Å². The van der Waals surface area contributed by atoms with Crippen LogP contribution in [0.4, 0.5) is 5.69 Å². The highest BCUT2D eigenvalue weighted by Gasteiger charge is 2.18. The lowest BCUT2D eigenvalue weighted by Gasteiger charge is -2.10. The summed E-state index contributed by atoms with van der Waals surface area (Å²) in [6, 6.07) is 9.42. The molecule has 2 aromatic carbocycles. The summed E-state index contributed by atoms with van der Waals surface area (Å²) in [4.78, 5) is 49.0. The molecule has 2 aromatic heterocycles. The second-order valence-corrected chi connectivity index (χ2v) is 7.28. The van der Waals surface area contributed by atoms with Crippen molar-refractivity contribution in [2.24, 2.45) is 0 Å². The molecule has 1 amide bonds. The average molecular weight is 449 g/mol. The number of carbonyl (C=O) groups is 3. The number of aromatic nitrogens is 2. The fourth-order valence-electron chi connectivity index (χ4n) is 3.52. The summed E-state index contributed by atoms with van der Waals surface area (Å²) in [5.41, 5.74) is 1.58. The lowest BCUT2D eigenvalue weighted by molar-refractivity contribution is -0.116. The Bertz CT molecular complexity index is 1450. The van der Waals surface area contributed by atoms with Gasteiger partial charge >= 0.3 is 17.6 Å².